The van der Waals surface area contributed by atoms with Crippen LogP contribution in [0.25, 0.3) is 0 Å². The average Bonchev–Trinajstić information content (AvgIpc) is 2.66. The number of nitrogens with one attached hydrogen (secondary N) is 2. The van der Waals surface area contributed by atoms with Gasteiger partial charge < -0.3 is 20.3 Å². The first-order valence-electron chi connectivity index (χ1n) is 9.03. The lowest BCUT2D eigenvalue weighted by molar-refractivity contribution is -0.121. The van der Waals surface area contributed by atoms with Crippen LogP contribution in [0.5, 0.6) is 5.75 Å². The third-order valence-electron chi connectivity index (χ3n) is 4.57. The summed E-state index contributed by atoms with van der Waals surface area (Å²) in [4.78, 5) is 18.6. The van der Waals surface area contributed by atoms with Crippen molar-refractivity contribution >= 4 is 35.8 Å². The molecule has 1 fully saturated rings. The van der Waals surface area contributed by atoms with Gasteiger partial charge in [0, 0.05) is 33.1 Å². The van der Waals surface area contributed by atoms with E-state index in [0.717, 1.165) is 49.7 Å². The highest BCUT2D eigenvalue weighted by molar-refractivity contribution is 14.0. The summed E-state index contributed by atoms with van der Waals surface area (Å²) < 4.78 is 5.19. The van der Waals surface area contributed by atoms with Gasteiger partial charge in [0.1, 0.15) is 5.75 Å². The number of guanidine groups is 1. The van der Waals surface area contributed by atoms with E-state index in [2.05, 4.69) is 22.5 Å². The van der Waals surface area contributed by atoms with Gasteiger partial charge in [0.05, 0.1) is 13.7 Å². The fourth-order valence-corrected chi connectivity index (χ4v) is 3.04. The van der Waals surface area contributed by atoms with Gasteiger partial charge >= 0.3 is 0 Å². The van der Waals surface area contributed by atoms with Gasteiger partial charge in [-0.3, -0.25) is 4.79 Å². The van der Waals surface area contributed by atoms with Crippen LogP contribution < -0.4 is 15.4 Å². The molecule has 0 unspecified atom stereocenters. The Labute approximate surface area is 173 Å². The minimum Gasteiger partial charge on any atom is -0.497 e. The van der Waals surface area contributed by atoms with Crippen molar-refractivity contribution in [2.45, 2.75) is 32.7 Å². The van der Waals surface area contributed by atoms with E-state index in [9.17, 15) is 4.79 Å². The van der Waals surface area contributed by atoms with E-state index in [4.69, 9.17) is 9.73 Å². The van der Waals surface area contributed by atoms with Crippen LogP contribution >= 0.6 is 24.0 Å². The molecule has 0 atom stereocenters. The number of nitrogens with zero attached hydrogens (tertiary/aromatic N) is 2. The molecule has 1 aliphatic heterocycles. The standard InChI is InChI=1S/C19H30N4O2.HI/c1-4-21-19(22-14-16-5-7-17(25-3)8-6-16)23-11-9-15(10-12-23)13-18(24)20-2;/h5-8,15H,4,9-14H2,1-3H3,(H,20,24)(H,21,22);1H. The number of piperidine rings is 1. The van der Waals surface area contributed by atoms with E-state index in [1.54, 1.807) is 14.2 Å². The molecule has 26 heavy (non-hydrogen) atoms. The number of hydrogen-bond donors (Lipinski definition) is 2. The van der Waals surface area contributed by atoms with Crippen molar-refractivity contribution in [2.75, 3.05) is 33.8 Å². The zero-order valence-corrected chi connectivity index (χ0v) is 18.3. The highest BCUT2D eigenvalue weighted by Gasteiger charge is 2.22. The molecule has 1 aliphatic rings. The van der Waals surface area contributed by atoms with Gasteiger partial charge in [-0.1, -0.05) is 12.1 Å². The maximum absolute atomic E-state index is 11.5. The van der Waals surface area contributed by atoms with Crippen molar-refractivity contribution < 1.29 is 9.53 Å². The van der Waals surface area contributed by atoms with Crippen molar-refractivity contribution in [3.05, 3.63) is 29.8 Å². The summed E-state index contributed by atoms with van der Waals surface area (Å²) >= 11 is 0. The zero-order chi connectivity index (χ0) is 18.1. The Bertz CT molecular complexity index is 569. The molecule has 1 heterocycles. The zero-order valence-electron chi connectivity index (χ0n) is 16.0. The van der Waals surface area contributed by atoms with Crippen LogP contribution in [0.15, 0.2) is 29.3 Å². The molecule has 0 radical (unpaired) electrons. The Balaban J connectivity index is 0.00000338. The minimum atomic E-state index is 0. The maximum Gasteiger partial charge on any atom is 0.220 e. The van der Waals surface area contributed by atoms with Crippen LogP contribution in [0, 0.1) is 5.92 Å². The normalized spacial score (nSPS) is 15.2. The molecule has 1 amide bonds. The fraction of sp³-hybridized carbons (Fsp3) is 0.579. The molecule has 2 N–H and O–H groups in total. The largest absolute Gasteiger partial charge is 0.497 e. The number of carbonyl (C=O) groups is 1. The van der Waals surface area contributed by atoms with E-state index in [0.29, 0.717) is 18.9 Å². The molecule has 1 aromatic carbocycles. The lowest BCUT2D eigenvalue weighted by Gasteiger charge is -2.34. The monoisotopic (exact) mass is 474 g/mol. The number of halogens is 1. The number of rotatable bonds is 6. The van der Waals surface area contributed by atoms with Gasteiger partial charge in [-0.2, -0.15) is 0 Å². The summed E-state index contributed by atoms with van der Waals surface area (Å²) in [6, 6.07) is 8.01. The molecule has 0 aromatic heterocycles. The molecule has 1 saturated heterocycles. The summed E-state index contributed by atoms with van der Waals surface area (Å²) in [5, 5.41) is 6.10. The van der Waals surface area contributed by atoms with Crippen molar-refractivity contribution in [2.24, 2.45) is 10.9 Å². The Kier molecular flexibility index (Phi) is 10.4. The molecule has 1 aromatic rings. The summed E-state index contributed by atoms with van der Waals surface area (Å²) in [6.07, 6.45) is 2.69. The highest BCUT2D eigenvalue weighted by atomic mass is 127. The first kappa shape index (κ1) is 22.5. The molecule has 7 heteroatoms. The van der Waals surface area contributed by atoms with Crippen molar-refractivity contribution in [3.8, 4) is 5.75 Å². The number of aliphatic imine (C=N–C) groups is 1. The third-order valence-corrected chi connectivity index (χ3v) is 4.57. The van der Waals surface area contributed by atoms with Crippen LogP contribution in [0.3, 0.4) is 0 Å². The average molecular weight is 474 g/mol. The summed E-state index contributed by atoms with van der Waals surface area (Å²) in [5.41, 5.74) is 1.16. The smallest absolute Gasteiger partial charge is 0.220 e. The molecule has 146 valence electrons. The predicted molar refractivity (Wildman–Crippen MR) is 116 cm³/mol. The van der Waals surface area contributed by atoms with Gasteiger partial charge in [-0.05, 0) is 43.4 Å². The van der Waals surface area contributed by atoms with E-state index in [1.807, 2.05) is 24.3 Å². The second-order valence-corrected chi connectivity index (χ2v) is 6.33. The second-order valence-electron chi connectivity index (χ2n) is 6.33. The summed E-state index contributed by atoms with van der Waals surface area (Å²) in [6.45, 7) is 5.46. The Morgan fingerprint density at radius 1 is 1.27 bits per heavy atom. The van der Waals surface area contributed by atoms with E-state index < -0.39 is 0 Å². The minimum absolute atomic E-state index is 0. The quantitative estimate of drug-likeness (QED) is 0.378. The van der Waals surface area contributed by atoms with Gasteiger partial charge in [-0.25, -0.2) is 4.99 Å². The van der Waals surface area contributed by atoms with Crippen LogP contribution in [-0.2, 0) is 11.3 Å². The summed E-state index contributed by atoms with van der Waals surface area (Å²) in [5.74, 6) is 2.42. The fourth-order valence-electron chi connectivity index (χ4n) is 3.04. The van der Waals surface area contributed by atoms with Crippen molar-refractivity contribution in [3.63, 3.8) is 0 Å². The Morgan fingerprint density at radius 2 is 1.92 bits per heavy atom. The van der Waals surface area contributed by atoms with E-state index in [1.165, 1.54) is 0 Å². The van der Waals surface area contributed by atoms with Crippen LogP contribution in [-0.4, -0.2) is 50.6 Å². The SMILES string of the molecule is CCNC(=NCc1ccc(OC)cc1)N1CCC(CC(=O)NC)CC1.I. The van der Waals surface area contributed by atoms with Crippen molar-refractivity contribution in [1.29, 1.82) is 0 Å². The third kappa shape index (κ3) is 7.01. The first-order chi connectivity index (χ1) is 12.2. The molecule has 2 rings (SSSR count). The van der Waals surface area contributed by atoms with Gasteiger partial charge in [0.25, 0.3) is 0 Å². The second kappa shape index (κ2) is 12.0. The number of amides is 1. The van der Waals surface area contributed by atoms with E-state index in [-0.39, 0.29) is 29.9 Å². The molecule has 0 spiro atoms. The molecule has 6 nitrogen and oxygen atoms in total. The predicted octanol–water partition coefficient (Wildman–Crippen LogP) is 2.63. The summed E-state index contributed by atoms with van der Waals surface area (Å²) in [7, 11) is 3.37. The number of carbonyl (C=O) groups excluding carboxylic acids is 1. The lowest BCUT2D eigenvalue weighted by atomic mass is 9.93. The van der Waals surface area contributed by atoms with Crippen LogP contribution in [0.2, 0.25) is 0 Å². The first-order valence-corrected chi connectivity index (χ1v) is 9.03. The van der Waals surface area contributed by atoms with Gasteiger partial charge in [0.15, 0.2) is 5.96 Å². The Hall–Kier alpha value is -1.51. The van der Waals surface area contributed by atoms with Gasteiger partial charge in [-0.15, -0.1) is 24.0 Å². The number of ether oxygens (including phenoxy) is 1. The highest BCUT2D eigenvalue weighted by Crippen LogP contribution is 2.20. The number of hydrogen-bond acceptors (Lipinski definition) is 3. The molecular weight excluding hydrogens is 443 g/mol. The van der Waals surface area contributed by atoms with E-state index >= 15 is 0 Å². The lowest BCUT2D eigenvalue weighted by Crippen LogP contribution is -2.46. The van der Waals surface area contributed by atoms with Crippen LogP contribution in [0.4, 0.5) is 0 Å². The Morgan fingerprint density at radius 3 is 2.46 bits per heavy atom. The topological polar surface area (TPSA) is 66.0 Å². The van der Waals surface area contributed by atoms with Crippen molar-refractivity contribution in [1.82, 2.24) is 15.5 Å². The molecule has 0 saturated carbocycles. The number of methoxy groups -OCH3 is 1. The van der Waals surface area contributed by atoms with Gasteiger partial charge in [0.2, 0.25) is 5.91 Å². The van der Waals surface area contributed by atoms with Crippen LogP contribution in [0.1, 0.15) is 31.7 Å². The number of benzene rings is 1. The molecule has 0 aliphatic carbocycles. The maximum atomic E-state index is 11.5. The number of likely N-dealkylation sites (tertiary alicyclic amines) is 1. The molecule has 0 bridgehead atoms. The molecular formula is C19H31IN4O2.